The normalized spacial score (nSPS) is 13.7. The van der Waals surface area contributed by atoms with E-state index in [1.807, 2.05) is 6.92 Å². The van der Waals surface area contributed by atoms with Crippen LogP contribution in [0.3, 0.4) is 0 Å². The van der Waals surface area contributed by atoms with Crippen molar-refractivity contribution >= 4 is 10.0 Å². The van der Waals surface area contributed by atoms with Gasteiger partial charge in [0.25, 0.3) is 10.0 Å². The first-order chi connectivity index (χ1) is 7.51. The monoisotopic (exact) mass is 243 g/mol. The van der Waals surface area contributed by atoms with E-state index >= 15 is 0 Å². The van der Waals surface area contributed by atoms with Crippen molar-refractivity contribution in [3.63, 3.8) is 0 Å². The minimum absolute atomic E-state index is 0.0162. The molecule has 1 rings (SSSR count). The Balaban J connectivity index is 2.91. The summed E-state index contributed by atoms with van der Waals surface area (Å²) in [6, 6.07) is 3.10. The molecule has 0 aromatic carbocycles. The van der Waals surface area contributed by atoms with Gasteiger partial charge in [-0.2, -0.15) is 0 Å². The summed E-state index contributed by atoms with van der Waals surface area (Å²) in [6.07, 6.45) is 3.36. The van der Waals surface area contributed by atoms with Gasteiger partial charge in [-0.1, -0.05) is 19.4 Å². The molecular weight excluding hydrogens is 226 g/mol. The number of nitrogens with one attached hydrogen (secondary N) is 1. The Kier molecular flexibility index (Phi) is 4.40. The molecule has 0 saturated heterocycles. The van der Waals surface area contributed by atoms with Crippen LogP contribution in [0.15, 0.2) is 23.4 Å². The SMILES string of the molecule is CCCC(N)c1ccc(S(=O)(=O)NC)nc1. The number of hydrogen-bond acceptors (Lipinski definition) is 4. The zero-order chi connectivity index (χ0) is 12.2. The molecule has 1 aromatic rings. The lowest BCUT2D eigenvalue weighted by Crippen LogP contribution is -2.20. The summed E-state index contributed by atoms with van der Waals surface area (Å²) < 4.78 is 25.0. The zero-order valence-electron chi connectivity index (χ0n) is 9.47. The van der Waals surface area contributed by atoms with Crippen LogP contribution in [0, 0.1) is 0 Å². The van der Waals surface area contributed by atoms with Crippen LogP contribution >= 0.6 is 0 Å². The lowest BCUT2D eigenvalue weighted by Gasteiger charge is -2.10. The summed E-state index contributed by atoms with van der Waals surface area (Å²) in [5, 5.41) is 0.0162. The third-order valence-electron chi connectivity index (χ3n) is 2.33. The van der Waals surface area contributed by atoms with E-state index in [1.165, 1.54) is 19.3 Å². The molecule has 0 saturated carbocycles. The number of pyridine rings is 1. The van der Waals surface area contributed by atoms with Gasteiger partial charge in [0, 0.05) is 12.2 Å². The number of hydrogen-bond donors (Lipinski definition) is 2. The second-order valence-corrected chi connectivity index (χ2v) is 5.37. The second kappa shape index (κ2) is 5.38. The van der Waals surface area contributed by atoms with Gasteiger partial charge in [0.2, 0.25) is 0 Å². The van der Waals surface area contributed by atoms with E-state index in [2.05, 4.69) is 9.71 Å². The highest BCUT2D eigenvalue weighted by atomic mass is 32.2. The van der Waals surface area contributed by atoms with Gasteiger partial charge in [0.1, 0.15) is 0 Å². The van der Waals surface area contributed by atoms with Gasteiger partial charge in [0.15, 0.2) is 5.03 Å². The van der Waals surface area contributed by atoms with Crippen LogP contribution in [-0.4, -0.2) is 20.4 Å². The predicted molar refractivity (Wildman–Crippen MR) is 62.3 cm³/mol. The topological polar surface area (TPSA) is 85.1 Å². The number of sulfonamides is 1. The molecule has 1 aromatic heterocycles. The van der Waals surface area contributed by atoms with E-state index < -0.39 is 10.0 Å². The fourth-order valence-corrected chi connectivity index (χ4v) is 2.00. The standard InChI is InChI=1S/C10H17N3O2S/c1-3-4-9(11)8-5-6-10(13-7-8)16(14,15)12-2/h5-7,9,12H,3-4,11H2,1-2H3. The Hall–Kier alpha value is -0.980. The number of rotatable bonds is 5. The average Bonchev–Trinajstić information content (AvgIpc) is 2.29. The maximum absolute atomic E-state index is 11.4. The third kappa shape index (κ3) is 3.01. The summed E-state index contributed by atoms with van der Waals surface area (Å²) >= 11 is 0. The van der Waals surface area contributed by atoms with Crippen molar-refractivity contribution in [2.24, 2.45) is 5.73 Å². The molecule has 0 amide bonds. The van der Waals surface area contributed by atoms with E-state index in [4.69, 9.17) is 5.73 Å². The van der Waals surface area contributed by atoms with Crippen molar-refractivity contribution in [2.75, 3.05) is 7.05 Å². The Bertz CT molecular complexity index is 428. The van der Waals surface area contributed by atoms with Gasteiger partial charge in [0.05, 0.1) is 0 Å². The fourth-order valence-electron chi connectivity index (χ4n) is 1.35. The number of nitrogens with two attached hydrogens (primary N) is 1. The minimum Gasteiger partial charge on any atom is -0.324 e. The van der Waals surface area contributed by atoms with Crippen molar-refractivity contribution in [3.05, 3.63) is 23.9 Å². The number of aromatic nitrogens is 1. The molecule has 1 heterocycles. The lowest BCUT2D eigenvalue weighted by molar-refractivity contribution is 0.583. The molecule has 0 radical (unpaired) electrons. The van der Waals surface area contributed by atoms with Crippen molar-refractivity contribution in [1.82, 2.24) is 9.71 Å². The average molecular weight is 243 g/mol. The maximum Gasteiger partial charge on any atom is 0.257 e. The molecule has 1 unspecified atom stereocenters. The highest BCUT2D eigenvalue weighted by Crippen LogP contribution is 2.15. The maximum atomic E-state index is 11.4. The quantitative estimate of drug-likeness (QED) is 0.800. The molecule has 0 aliphatic heterocycles. The molecule has 0 aliphatic carbocycles. The van der Waals surface area contributed by atoms with E-state index in [0.717, 1.165) is 18.4 Å². The highest BCUT2D eigenvalue weighted by molar-refractivity contribution is 7.89. The fraction of sp³-hybridized carbons (Fsp3) is 0.500. The van der Waals surface area contributed by atoms with Gasteiger partial charge < -0.3 is 5.73 Å². The molecule has 0 fully saturated rings. The molecule has 3 N–H and O–H groups in total. The molecule has 5 nitrogen and oxygen atoms in total. The lowest BCUT2D eigenvalue weighted by atomic mass is 10.1. The Morgan fingerprint density at radius 3 is 2.62 bits per heavy atom. The van der Waals surface area contributed by atoms with Crippen LogP contribution in [0.4, 0.5) is 0 Å². The van der Waals surface area contributed by atoms with Crippen LogP contribution in [-0.2, 0) is 10.0 Å². The van der Waals surface area contributed by atoms with Crippen molar-refractivity contribution < 1.29 is 8.42 Å². The number of nitrogens with zero attached hydrogens (tertiary/aromatic N) is 1. The Morgan fingerprint density at radius 2 is 2.19 bits per heavy atom. The van der Waals surface area contributed by atoms with Crippen LogP contribution < -0.4 is 10.5 Å². The molecule has 90 valence electrons. The molecule has 16 heavy (non-hydrogen) atoms. The van der Waals surface area contributed by atoms with Crippen LogP contribution in [0.1, 0.15) is 31.4 Å². The zero-order valence-corrected chi connectivity index (χ0v) is 10.3. The first-order valence-electron chi connectivity index (χ1n) is 5.16. The van der Waals surface area contributed by atoms with E-state index in [1.54, 1.807) is 6.07 Å². The second-order valence-electron chi connectivity index (χ2n) is 3.53. The summed E-state index contributed by atoms with van der Waals surface area (Å²) in [5.41, 5.74) is 6.75. The van der Waals surface area contributed by atoms with Crippen LogP contribution in [0.25, 0.3) is 0 Å². The molecule has 6 heteroatoms. The minimum atomic E-state index is -3.45. The van der Waals surface area contributed by atoms with E-state index in [9.17, 15) is 8.42 Å². The van der Waals surface area contributed by atoms with Gasteiger partial charge >= 0.3 is 0 Å². The molecular formula is C10H17N3O2S. The summed E-state index contributed by atoms with van der Waals surface area (Å²) in [5.74, 6) is 0. The van der Waals surface area contributed by atoms with Crippen LogP contribution in [0.5, 0.6) is 0 Å². The van der Waals surface area contributed by atoms with Crippen LogP contribution in [0.2, 0.25) is 0 Å². The van der Waals surface area contributed by atoms with Gasteiger partial charge in [-0.05, 0) is 25.1 Å². The predicted octanol–water partition coefficient (Wildman–Crippen LogP) is 0.790. The molecule has 0 aliphatic rings. The van der Waals surface area contributed by atoms with Crippen molar-refractivity contribution in [1.29, 1.82) is 0 Å². The summed E-state index contributed by atoms with van der Waals surface area (Å²) in [4.78, 5) is 3.89. The smallest absolute Gasteiger partial charge is 0.257 e. The summed E-state index contributed by atoms with van der Waals surface area (Å²) in [6.45, 7) is 2.05. The first kappa shape index (κ1) is 13.1. The van der Waals surface area contributed by atoms with Gasteiger partial charge in [-0.3, -0.25) is 0 Å². The van der Waals surface area contributed by atoms with Crippen molar-refractivity contribution in [2.45, 2.75) is 30.8 Å². The molecule has 0 spiro atoms. The van der Waals surface area contributed by atoms with Gasteiger partial charge in [-0.25, -0.2) is 18.1 Å². The Labute approximate surface area is 96.1 Å². The van der Waals surface area contributed by atoms with Crippen molar-refractivity contribution in [3.8, 4) is 0 Å². The Morgan fingerprint density at radius 1 is 1.50 bits per heavy atom. The molecule has 1 atom stereocenters. The van der Waals surface area contributed by atoms with E-state index in [0.29, 0.717) is 0 Å². The summed E-state index contributed by atoms with van der Waals surface area (Å²) in [7, 11) is -2.10. The highest BCUT2D eigenvalue weighted by Gasteiger charge is 2.13. The molecule has 0 bridgehead atoms. The van der Waals surface area contributed by atoms with E-state index in [-0.39, 0.29) is 11.1 Å². The third-order valence-corrected chi connectivity index (χ3v) is 3.66. The van der Waals surface area contributed by atoms with Gasteiger partial charge in [-0.15, -0.1) is 0 Å². The first-order valence-corrected chi connectivity index (χ1v) is 6.64. The largest absolute Gasteiger partial charge is 0.324 e.